The first-order valence-corrected chi connectivity index (χ1v) is 7.47. The van der Waals surface area contributed by atoms with Crippen molar-refractivity contribution < 1.29 is 32.6 Å². The standard InChI is InChI=1S/C12H12O7S/c1-18-9-3-2-7(11(13)12(14)15)4-10(9)19-8-5-20(16,17)6-8/h2-4,8H,5-6H2,1H3,(H,14,15). The smallest absolute Gasteiger partial charge is 0.377 e. The minimum absolute atomic E-state index is 0.0597. The van der Waals surface area contributed by atoms with E-state index in [1.165, 1.54) is 25.3 Å². The van der Waals surface area contributed by atoms with Gasteiger partial charge in [-0.1, -0.05) is 0 Å². The minimum atomic E-state index is -3.04. The van der Waals surface area contributed by atoms with E-state index in [2.05, 4.69) is 0 Å². The molecule has 0 spiro atoms. The molecule has 1 aromatic rings. The highest BCUT2D eigenvalue weighted by atomic mass is 32.2. The summed E-state index contributed by atoms with van der Waals surface area (Å²) in [6, 6.07) is 3.94. The SMILES string of the molecule is COc1ccc(C(=O)C(=O)O)cc1OC1CS(=O)(=O)C1. The van der Waals surface area contributed by atoms with Crippen molar-refractivity contribution in [3.63, 3.8) is 0 Å². The maximum atomic E-state index is 11.4. The topological polar surface area (TPSA) is 107 Å². The number of carbonyl (C=O) groups excluding carboxylic acids is 1. The van der Waals surface area contributed by atoms with Gasteiger partial charge in [0.2, 0.25) is 0 Å². The maximum absolute atomic E-state index is 11.4. The molecule has 1 aliphatic rings. The molecule has 8 heteroatoms. The minimum Gasteiger partial charge on any atom is -0.493 e. The van der Waals surface area contributed by atoms with Crippen molar-refractivity contribution in [1.29, 1.82) is 0 Å². The fraction of sp³-hybridized carbons (Fsp3) is 0.333. The summed E-state index contributed by atoms with van der Waals surface area (Å²) < 4.78 is 32.6. The van der Waals surface area contributed by atoms with Crippen LogP contribution in [-0.4, -0.2) is 50.0 Å². The second-order valence-electron chi connectivity index (χ2n) is 4.32. The second kappa shape index (κ2) is 5.12. The summed E-state index contributed by atoms with van der Waals surface area (Å²) in [6.45, 7) is 0. The Morgan fingerprint density at radius 2 is 1.90 bits per heavy atom. The van der Waals surface area contributed by atoms with Crippen LogP contribution in [0.3, 0.4) is 0 Å². The van der Waals surface area contributed by atoms with Gasteiger partial charge < -0.3 is 14.6 Å². The van der Waals surface area contributed by atoms with Crippen LogP contribution in [0.5, 0.6) is 11.5 Å². The van der Waals surface area contributed by atoms with E-state index in [0.29, 0.717) is 5.75 Å². The van der Waals surface area contributed by atoms with Crippen molar-refractivity contribution in [2.75, 3.05) is 18.6 Å². The highest BCUT2D eigenvalue weighted by Crippen LogP contribution is 2.31. The molecule has 20 heavy (non-hydrogen) atoms. The molecule has 1 saturated heterocycles. The number of aliphatic carboxylic acids is 1. The van der Waals surface area contributed by atoms with Crippen molar-refractivity contribution in [2.24, 2.45) is 0 Å². The normalized spacial score (nSPS) is 17.1. The molecule has 0 amide bonds. The first-order chi connectivity index (χ1) is 9.32. The molecule has 7 nitrogen and oxygen atoms in total. The molecule has 1 N–H and O–H groups in total. The summed E-state index contributed by atoms with van der Waals surface area (Å²) in [6.07, 6.45) is -0.510. The van der Waals surface area contributed by atoms with Crippen LogP contribution < -0.4 is 9.47 Å². The van der Waals surface area contributed by atoms with Gasteiger partial charge in [0.05, 0.1) is 18.6 Å². The van der Waals surface area contributed by atoms with Crippen molar-refractivity contribution >= 4 is 21.6 Å². The van der Waals surface area contributed by atoms with E-state index >= 15 is 0 Å². The molecule has 108 valence electrons. The Morgan fingerprint density at radius 3 is 2.40 bits per heavy atom. The number of benzene rings is 1. The monoisotopic (exact) mass is 300 g/mol. The summed E-state index contributed by atoms with van der Waals surface area (Å²) in [4.78, 5) is 22.0. The van der Waals surface area contributed by atoms with E-state index in [4.69, 9.17) is 14.6 Å². The molecule has 0 radical (unpaired) electrons. The summed E-state index contributed by atoms with van der Waals surface area (Å²) in [5.41, 5.74) is -0.0597. The molecule has 0 bridgehead atoms. The molecular weight excluding hydrogens is 288 g/mol. The van der Waals surface area contributed by atoms with Crippen molar-refractivity contribution in [2.45, 2.75) is 6.10 Å². The number of methoxy groups -OCH3 is 1. The molecule has 0 unspecified atom stereocenters. The van der Waals surface area contributed by atoms with E-state index in [1.54, 1.807) is 0 Å². The largest absolute Gasteiger partial charge is 0.493 e. The van der Waals surface area contributed by atoms with Gasteiger partial charge in [0.1, 0.15) is 6.10 Å². The van der Waals surface area contributed by atoms with Gasteiger partial charge in [0.15, 0.2) is 21.3 Å². The van der Waals surface area contributed by atoms with E-state index in [0.717, 1.165) is 0 Å². The van der Waals surface area contributed by atoms with E-state index in [-0.39, 0.29) is 22.8 Å². The second-order valence-corrected chi connectivity index (χ2v) is 6.47. The van der Waals surface area contributed by atoms with Gasteiger partial charge in [0, 0.05) is 5.56 Å². The van der Waals surface area contributed by atoms with E-state index in [1.807, 2.05) is 0 Å². The lowest BCUT2D eigenvalue weighted by Gasteiger charge is -2.27. The number of hydrogen-bond acceptors (Lipinski definition) is 6. The van der Waals surface area contributed by atoms with Crippen LogP contribution in [-0.2, 0) is 14.6 Å². The molecule has 0 aliphatic carbocycles. The highest BCUT2D eigenvalue weighted by molar-refractivity contribution is 7.92. The molecule has 2 rings (SSSR count). The first kappa shape index (κ1) is 14.3. The number of ketones is 1. The number of sulfone groups is 1. The fourth-order valence-corrected chi connectivity index (χ4v) is 2.97. The predicted octanol–water partition coefficient (Wildman–Crippen LogP) is 0.138. The quantitative estimate of drug-likeness (QED) is 0.608. The van der Waals surface area contributed by atoms with E-state index < -0.39 is 27.7 Å². The Kier molecular flexibility index (Phi) is 3.67. The van der Waals surface area contributed by atoms with Crippen molar-refractivity contribution in [3.05, 3.63) is 23.8 Å². The number of rotatable bonds is 5. The van der Waals surface area contributed by atoms with Crippen molar-refractivity contribution in [3.8, 4) is 11.5 Å². The van der Waals surface area contributed by atoms with E-state index in [9.17, 15) is 18.0 Å². The van der Waals surface area contributed by atoms with Gasteiger partial charge in [-0.2, -0.15) is 0 Å². The van der Waals surface area contributed by atoms with Crippen LogP contribution in [0.2, 0.25) is 0 Å². The summed E-state index contributed by atoms with van der Waals surface area (Å²) in [7, 11) is -1.65. The number of hydrogen-bond donors (Lipinski definition) is 1. The number of carboxylic acids is 1. The van der Waals surface area contributed by atoms with Gasteiger partial charge in [-0.3, -0.25) is 4.79 Å². The Bertz CT molecular complexity index is 650. The van der Waals surface area contributed by atoms with Crippen LogP contribution in [0.1, 0.15) is 10.4 Å². The Hall–Kier alpha value is -2.09. The lowest BCUT2D eigenvalue weighted by atomic mass is 10.1. The van der Waals surface area contributed by atoms with Gasteiger partial charge >= 0.3 is 5.97 Å². The predicted molar refractivity (Wildman–Crippen MR) is 68.0 cm³/mol. The molecule has 0 aromatic heterocycles. The molecule has 1 aliphatic heterocycles. The molecule has 1 heterocycles. The van der Waals surface area contributed by atoms with Crippen LogP contribution >= 0.6 is 0 Å². The average Bonchev–Trinajstić information content (AvgIpc) is 2.35. The van der Waals surface area contributed by atoms with Gasteiger partial charge in [-0.05, 0) is 18.2 Å². The molecule has 1 fully saturated rings. The maximum Gasteiger partial charge on any atom is 0.377 e. The Morgan fingerprint density at radius 1 is 1.25 bits per heavy atom. The third kappa shape index (κ3) is 2.90. The number of carboxylic acid groups (broad SMARTS) is 1. The molecule has 1 aromatic carbocycles. The summed E-state index contributed by atoms with van der Waals surface area (Å²) >= 11 is 0. The van der Waals surface area contributed by atoms with Crippen LogP contribution in [0, 0.1) is 0 Å². The summed E-state index contributed by atoms with van der Waals surface area (Å²) in [5, 5.41) is 8.66. The third-order valence-electron chi connectivity index (χ3n) is 2.79. The lowest BCUT2D eigenvalue weighted by Crippen LogP contribution is -2.45. The van der Waals surface area contributed by atoms with Gasteiger partial charge in [-0.15, -0.1) is 0 Å². The van der Waals surface area contributed by atoms with Gasteiger partial charge in [-0.25, -0.2) is 13.2 Å². The molecule has 0 saturated carbocycles. The Balaban J connectivity index is 2.23. The summed E-state index contributed by atoms with van der Waals surface area (Å²) in [5.74, 6) is -2.40. The molecule has 0 atom stereocenters. The Labute approximate surface area is 115 Å². The van der Waals surface area contributed by atoms with Gasteiger partial charge in [0.25, 0.3) is 5.78 Å². The molecular formula is C12H12O7S. The zero-order valence-electron chi connectivity index (χ0n) is 10.5. The van der Waals surface area contributed by atoms with Crippen molar-refractivity contribution in [1.82, 2.24) is 0 Å². The van der Waals surface area contributed by atoms with Crippen LogP contribution in [0.25, 0.3) is 0 Å². The average molecular weight is 300 g/mol. The number of carbonyl (C=O) groups is 2. The zero-order chi connectivity index (χ0) is 14.9. The third-order valence-corrected chi connectivity index (χ3v) is 4.55. The zero-order valence-corrected chi connectivity index (χ0v) is 11.3. The first-order valence-electron chi connectivity index (χ1n) is 5.65. The lowest BCUT2D eigenvalue weighted by molar-refractivity contribution is -0.131. The number of Topliss-reactive ketones (excluding diaryl/α,β-unsaturated/α-hetero) is 1. The fourth-order valence-electron chi connectivity index (χ4n) is 1.80. The highest BCUT2D eigenvalue weighted by Gasteiger charge is 2.35. The number of ether oxygens (including phenoxy) is 2. The van der Waals surface area contributed by atoms with Crippen LogP contribution in [0.4, 0.5) is 0 Å². The van der Waals surface area contributed by atoms with Crippen LogP contribution in [0.15, 0.2) is 18.2 Å².